The van der Waals surface area contributed by atoms with Gasteiger partial charge in [0.15, 0.2) is 0 Å². The number of hydrogen-bond acceptors (Lipinski definition) is 5. The van der Waals surface area contributed by atoms with Crippen molar-refractivity contribution in [3.05, 3.63) is 23.8 Å². The third-order valence-corrected chi connectivity index (χ3v) is 4.78. The summed E-state index contributed by atoms with van der Waals surface area (Å²) in [4.78, 5) is 10.9. The average Bonchev–Trinajstić information content (AvgIpc) is 3.28. The molecule has 1 aliphatic rings. The highest BCUT2D eigenvalue weighted by Crippen LogP contribution is 2.32. The van der Waals surface area contributed by atoms with Crippen LogP contribution in [0.4, 0.5) is 0 Å². The van der Waals surface area contributed by atoms with E-state index < -0.39 is 22.1 Å². The predicted molar refractivity (Wildman–Crippen MR) is 73.9 cm³/mol. The zero-order valence-electron chi connectivity index (χ0n) is 11.4. The minimum atomic E-state index is -3.87. The van der Waals surface area contributed by atoms with Crippen molar-refractivity contribution >= 4 is 16.0 Å². The van der Waals surface area contributed by atoms with Crippen molar-refractivity contribution in [1.29, 1.82) is 0 Å². The Balaban J connectivity index is 2.18. The molecule has 0 heterocycles. The van der Waals surface area contributed by atoms with Crippen LogP contribution in [0.1, 0.15) is 23.2 Å². The number of nitrogens with one attached hydrogen (secondary N) is 1. The number of carbonyl (C=O) groups is 1. The second-order valence-corrected chi connectivity index (χ2v) is 6.69. The number of carboxylic acid groups (broad SMARTS) is 1. The third kappa shape index (κ3) is 3.72. The van der Waals surface area contributed by atoms with E-state index in [1.54, 1.807) is 0 Å². The summed E-state index contributed by atoms with van der Waals surface area (Å²) in [5, 5.41) is 18.7. The molecule has 0 spiro atoms. The van der Waals surface area contributed by atoms with Gasteiger partial charge in [-0.15, -0.1) is 0 Å². The first-order valence-corrected chi connectivity index (χ1v) is 7.92. The van der Waals surface area contributed by atoms with Crippen molar-refractivity contribution in [2.24, 2.45) is 5.92 Å². The number of methoxy groups -OCH3 is 1. The first kappa shape index (κ1) is 15.7. The molecule has 3 N–H and O–H groups in total. The molecule has 0 saturated heterocycles. The number of ether oxygens (including phenoxy) is 1. The Labute approximate surface area is 122 Å². The topological polar surface area (TPSA) is 113 Å². The molecule has 1 aliphatic carbocycles. The van der Waals surface area contributed by atoms with Gasteiger partial charge in [0.1, 0.15) is 11.3 Å². The van der Waals surface area contributed by atoms with Crippen LogP contribution in [0, 0.1) is 5.92 Å². The van der Waals surface area contributed by atoms with E-state index in [1.807, 2.05) is 0 Å². The summed E-state index contributed by atoms with van der Waals surface area (Å²) in [6.45, 7) is -0.0819. The first-order valence-electron chi connectivity index (χ1n) is 6.44. The van der Waals surface area contributed by atoms with E-state index in [0.29, 0.717) is 0 Å². The molecule has 8 heteroatoms. The molecular formula is C13H17NO6S. The second-order valence-electron chi connectivity index (χ2n) is 4.92. The average molecular weight is 315 g/mol. The third-order valence-electron chi connectivity index (χ3n) is 3.36. The molecule has 1 aromatic rings. The summed E-state index contributed by atoms with van der Waals surface area (Å²) < 4.78 is 31.4. The van der Waals surface area contributed by atoms with Crippen LogP contribution in [0.25, 0.3) is 0 Å². The minimum absolute atomic E-state index is 0.0819. The van der Waals surface area contributed by atoms with Crippen LogP contribution in [-0.4, -0.2) is 44.4 Å². The molecule has 1 atom stereocenters. The van der Waals surface area contributed by atoms with Gasteiger partial charge < -0.3 is 14.9 Å². The van der Waals surface area contributed by atoms with E-state index in [4.69, 9.17) is 9.84 Å². The Morgan fingerprint density at radius 3 is 2.67 bits per heavy atom. The maximum absolute atomic E-state index is 12.1. The summed E-state index contributed by atoms with van der Waals surface area (Å²) in [6, 6.07) is 3.58. The summed E-state index contributed by atoms with van der Waals surface area (Å²) in [7, 11) is -2.57. The zero-order valence-corrected chi connectivity index (χ0v) is 12.3. The van der Waals surface area contributed by atoms with Crippen LogP contribution in [-0.2, 0) is 10.0 Å². The highest BCUT2D eigenvalue weighted by atomic mass is 32.2. The Bertz CT molecular complexity index is 638. The summed E-state index contributed by atoms with van der Waals surface area (Å²) in [5.74, 6) is -1.04. The lowest BCUT2D eigenvalue weighted by Crippen LogP contribution is -2.33. The van der Waals surface area contributed by atoms with Crippen molar-refractivity contribution in [2.45, 2.75) is 23.8 Å². The van der Waals surface area contributed by atoms with Crippen LogP contribution >= 0.6 is 0 Å². The molecule has 0 amide bonds. The van der Waals surface area contributed by atoms with Gasteiger partial charge >= 0.3 is 5.97 Å². The molecular weight excluding hydrogens is 298 g/mol. The molecule has 0 radical (unpaired) electrons. The van der Waals surface area contributed by atoms with Gasteiger partial charge in [-0.2, -0.15) is 0 Å². The molecule has 1 saturated carbocycles. The van der Waals surface area contributed by atoms with Crippen LogP contribution in [0.15, 0.2) is 23.1 Å². The quantitative estimate of drug-likeness (QED) is 0.673. The molecule has 116 valence electrons. The van der Waals surface area contributed by atoms with Gasteiger partial charge in [-0.25, -0.2) is 17.9 Å². The van der Waals surface area contributed by atoms with Crippen molar-refractivity contribution in [1.82, 2.24) is 4.72 Å². The first-order chi connectivity index (χ1) is 9.85. The van der Waals surface area contributed by atoms with Crippen LogP contribution < -0.4 is 9.46 Å². The largest absolute Gasteiger partial charge is 0.496 e. The number of aliphatic hydroxyl groups is 1. The van der Waals surface area contributed by atoms with Gasteiger partial charge in [0.25, 0.3) is 0 Å². The number of carboxylic acids is 1. The summed E-state index contributed by atoms with van der Waals surface area (Å²) in [5.41, 5.74) is -0.233. The van der Waals surface area contributed by atoms with Gasteiger partial charge in [0.05, 0.1) is 18.1 Å². The molecule has 0 bridgehead atoms. The zero-order chi connectivity index (χ0) is 15.6. The maximum atomic E-state index is 12.1. The smallest absolute Gasteiger partial charge is 0.339 e. The predicted octanol–water partition coefficient (Wildman–Crippen LogP) is 0.443. The molecule has 0 aromatic heterocycles. The maximum Gasteiger partial charge on any atom is 0.339 e. The molecule has 2 rings (SSSR count). The molecule has 1 aromatic carbocycles. The van der Waals surface area contributed by atoms with Crippen molar-refractivity contribution < 1.29 is 28.2 Å². The highest BCUT2D eigenvalue weighted by molar-refractivity contribution is 7.89. The van der Waals surface area contributed by atoms with Gasteiger partial charge in [-0.1, -0.05) is 0 Å². The SMILES string of the molecule is COc1ccc(S(=O)(=O)NCC(O)C2CC2)cc1C(=O)O. The molecule has 7 nitrogen and oxygen atoms in total. The highest BCUT2D eigenvalue weighted by Gasteiger charge is 2.30. The fraction of sp³-hybridized carbons (Fsp3) is 0.462. The van der Waals surface area contributed by atoms with Crippen LogP contribution in [0.2, 0.25) is 0 Å². The van der Waals surface area contributed by atoms with Gasteiger partial charge in [0.2, 0.25) is 10.0 Å². The van der Waals surface area contributed by atoms with E-state index in [1.165, 1.54) is 19.2 Å². The monoisotopic (exact) mass is 315 g/mol. The summed E-state index contributed by atoms with van der Waals surface area (Å²) >= 11 is 0. The van der Waals surface area contributed by atoms with Gasteiger partial charge in [-0.05, 0) is 37.0 Å². The number of hydrogen-bond donors (Lipinski definition) is 3. The lowest BCUT2D eigenvalue weighted by Gasteiger charge is -2.12. The van der Waals surface area contributed by atoms with Crippen molar-refractivity contribution in [3.8, 4) is 5.75 Å². The standard InChI is InChI=1S/C13H17NO6S/c1-20-12-5-4-9(6-10(12)13(16)17)21(18,19)14-7-11(15)8-2-3-8/h4-6,8,11,14-15H,2-3,7H2,1H3,(H,16,17). The van der Waals surface area contributed by atoms with Gasteiger partial charge in [0, 0.05) is 6.54 Å². The lowest BCUT2D eigenvalue weighted by molar-refractivity contribution is 0.0693. The van der Waals surface area contributed by atoms with Crippen molar-refractivity contribution in [3.63, 3.8) is 0 Å². The fourth-order valence-electron chi connectivity index (χ4n) is 1.95. The Kier molecular flexibility index (Phi) is 4.50. The lowest BCUT2D eigenvalue weighted by atomic mass is 10.2. The van der Waals surface area contributed by atoms with E-state index in [0.717, 1.165) is 18.9 Å². The Hall–Kier alpha value is -1.64. The normalized spacial score (nSPS) is 16.5. The van der Waals surface area contributed by atoms with E-state index in [2.05, 4.69) is 4.72 Å². The number of aliphatic hydroxyl groups excluding tert-OH is 1. The molecule has 1 unspecified atom stereocenters. The Morgan fingerprint density at radius 1 is 1.48 bits per heavy atom. The molecule has 1 fully saturated rings. The number of sulfonamides is 1. The molecule has 0 aliphatic heterocycles. The van der Waals surface area contributed by atoms with E-state index in [-0.39, 0.29) is 28.7 Å². The number of aromatic carboxylic acids is 1. The fourth-order valence-corrected chi connectivity index (χ4v) is 3.02. The number of benzene rings is 1. The van der Waals surface area contributed by atoms with Crippen molar-refractivity contribution in [2.75, 3.05) is 13.7 Å². The van der Waals surface area contributed by atoms with E-state index >= 15 is 0 Å². The number of rotatable bonds is 7. The molecule has 21 heavy (non-hydrogen) atoms. The minimum Gasteiger partial charge on any atom is -0.496 e. The van der Waals surface area contributed by atoms with Crippen LogP contribution in [0.5, 0.6) is 5.75 Å². The Morgan fingerprint density at radius 2 is 2.14 bits per heavy atom. The summed E-state index contributed by atoms with van der Waals surface area (Å²) in [6.07, 6.45) is 1.08. The van der Waals surface area contributed by atoms with Crippen LogP contribution in [0.3, 0.4) is 0 Å². The van der Waals surface area contributed by atoms with E-state index in [9.17, 15) is 18.3 Å². The second kappa shape index (κ2) is 6.00. The van der Waals surface area contributed by atoms with Gasteiger partial charge in [-0.3, -0.25) is 0 Å².